The van der Waals surface area contributed by atoms with Crippen LogP contribution in [0.2, 0.25) is 0 Å². The van der Waals surface area contributed by atoms with Gasteiger partial charge in [-0.1, -0.05) is 25.5 Å². The average molecular weight is 327 g/mol. The van der Waals surface area contributed by atoms with Crippen LogP contribution in [0.1, 0.15) is 45.1 Å². The van der Waals surface area contributed by atoms with E-state index in [0.29, 0.717) is 11.8 Å². The molecule has 1 aliphatic heterocycles. The highest BCUT2D eigenvalue weighted by atomic mass is 16.2. The molecular formula is C19H25N3O2. The monoisotopic (exact) mass is 327 g/mol. The van der Waals surface area contributed by atoms with Crippen LogP contribution in [0.15, 0.2) is 29.1 Å². The first-order valence-electron chi connectivity index (χ1n) is 9.13. The number of nitrogens with one attached hydrogen (secondary N) is 1. The van der Waals surface area contributed by atoms with Gasteiger partial charge in [-0.3, -0.25) is 9.36 Å². The third-order valence-corrected chi connectivity index (χ3v) is 6.01. The first kappa shape index (κ1) is 15.5. The van der Waals surface area contributed by atoms with Gasteiger partial charge in [0.25, 0.3) is 0 Å². The molecule has 4 rings (SSSR count). The maximum atomic E-state index is 12.7. The number of carbonyl (C=O) groups excluding carboxylic acids is 1. The Kier molecular flexibility index (Phi) is 3.94. The highest BCUT2D eigenvalue weighted by Crippen LogP contribution is 2.35. The normalized spacial score (nSPS) is 21.0. The Morgan fingerprint density at radius 1 is 1.17 bits per heavy atom. The van der Waals surface area contributed by atoms with Crippen molar-refractivity contribution >= 4 is 16.9 Å². The molecule has 0 radical (unpaired) electrons. The molecule has 1 unspecified atom stereocenters. The molecule has 24 heavy (non-hydrogen) atoms. The van der Waals surface area contributed by atoms with E-state index in [-0.39, 0.29) is 17.6 Å². The Balaban J connectivity index is 1.46. The van der Waals surface area contributed by atoms with Gasteiger partial charge in [-0.2, -0.15) is 0 Å². The number of amides is 1. The lowest BCUT2D eigenvalue weighted by atomic mass is 9.76. The minimum atomic E-state index is -0.0381. The van der Waals surface area contributed by atoms with Crippen LogP contribution < -0.4 is 5.69 Å². The number of likely N-dealkylation sites (tertiary alicyclic amines) is 1. The highest BCUT2D eigenvalue weighted by molar-refractivity contribution is 5.79. The zero-order valence-corrected chi connectivity index (χ0v) is 14.2. The third kappa shape index (κ3) is 2.56. The van der Waals surface area contributed by atoms with Crippen molar-refractivity contribution in [1.82, 2.24) is 14.5 Å². The first-order chi connectivity index (χ1) is 11.6. The van der Waals surface area contributed by atoms with Crippen molar-refractivity contribution in [2.75, 3.05) is 13.1 Å². The van der Waals surface area contributed by atoms with Crippen molar-refractivity contribution in [2.24, 2.45) is 11.8 Å². The minimum absolute atomic E-state index is 0.0381. The largest absolute Gasteiger partial charge is 0.342 e. The lowest BCUT2D eigenvalue weighted by molar-refractivity contribution is -0.139. The molecule has 1 aromatic heterocycles. The molecule has 2 aliphatic rings. The molecule has 5 nitrogen and oxygen atoms in total. The standard InChI is InChI=1S/C19H25N3O2/c1-13(14-5-4-6-14)18(23)21-11-9-15(10-12-21)22-17-8-3-2-7-16(17)20-19(22)24/h2-3,7-8,13-15H,4-6,9-12H2,1H3,(H,20,24). The summed E-state index contributed by atoms with van der Waals surface area (Å²) >= 11 is 0. The van der Waals surface area contributed by atoms with Gasteiger partial charge >= 0.3 is 5.69 Å². The quantitative estimate of drug-likeness (QED) is 0.942. The Bertz CT molecular complexity index is 794. The average Bonchev–Trinajstić information content (AvgIpc) is 2.88. The zero-order chi connectivity index (χ0) is 16.7. The van der Waals surface area contributed by atoms with Crippen molar-refractivity contribution in [1.29, 1.82) is 0 Å². The smallest absolute Gasteiger partial charge is 0.326 e. The van der Waals surface area contributed by atoms with Crippen LogP contribution in [0.3, 0.4) is 0 Å². The molecule has 1 N–H and O–H groups in total. The van der Waals surface area contributed by atoms with Crippen LogP contribution in [0.5, 0.6) is 0 Å². The van der Waals surface area contributed by atoms with Gasteiger partial charge in [0.2, 0.25) is 5.91 Å². The summed E-state index contributed by atoms with van der Waals surface area (Å²) in [4.78, 5) is 29.9. The number of H-pyrrole nitrogens is 1. The molecule has 0 spiro atoms. The van der Waals surface area contributed by atoms with Gasteiger partial charge in [-0.15, -0.1) is 0 Å². The second kappa shape index (κ2) is 6.11. The van der Waals surface area contributed by atoms with E-state index in [9.17, 15) is 9.59 Å². The van der Waals surface area contributed by atoms with Gasteiger partial charge in [0.15, 0.2) is 0 Å². The summed E-state index contributed by atoms with van der Waals surface area (Å²) in [5.74, 6) is 1.06. The van der Waals surface area contributed by atoms with Gasteiger partial charge in [-0.05, 0) is 43.7 Å². The van der Waals surface area contributed by atoms with E-state index in [0.717, 1.165) is 37.0 Å². The molecule has 2 fully saturated rings. The number of para-hydroxylation sites is 2. The molecule has 1 saturated carbocycles. The molecule has 1 aliphatic carbocycles. The van der Waals surface area contributed by atoms with E-state index in [4.69, 9.17) is 0 Å². The maximum absolute atomic E-state index is 12.7. The van der Waals surface area contributed by atoms with Gasteiger partial charge in [0.05, 0.1) is 11.0 Å². The Labute approximate surface area is 141 Å². The number of carbonyl (C=O) groups is 1. The summed E-state index contributed by atoms with van der Waals surface area (Å²) in [7, 11) is 0. The number of imidazole rings is 1. The topological polar surface area (TPSA) is 58.1 Å². The summed E-state index contributed by atoms with van der Waals surface area (Å²) < 4.78 is 1.88. The lowest BCUT2D eigenvalue weighted by Crippen LogP contribution is -2.44. The van der Waals surface area contributed by atoms with Crippen LogP contribution in [-0.4, -0.2) is 33.4 Å². The zero-order valence-electron chi connectivity index (χ0n) is 14.2. The highest BCUT2D eigenvalue weighted by Gasteiger charge is 2.33. The predicted octanol–water partition coefficient (Wildman–Crippen LogP) is 2.93. The number of aromatic amines is 1. The molecule has 5 heteroatoms. The Hall–Kier alpha value is -2.04. The van der Waals surface area contributed by atoms with E-state index >= 15 is 0 Å². The van der Waals surface area contributed by atoms with Crippen LogP contribution in [0.4, 0.5) is 0 Å². The van der Waals surface area contributed by atoms with E-state index < -0.39 is 0 Å². The molecule has 1 atom stereocenters. The van der Waals surface area contributed by atoms with E-state index in [2.05, 4.69) is 11.9 Å². The number of nitrogens with zero attached hydrogens (tertiary/aromatic N) is 2. The summed E-state index contributed by atoms with van der Waals surface area (Å²) in [5.41, 5.74) is 1.82. The molecule has 1 saturated heterocycles. The van der Waals surface area contributed by atoms with Crippen molar-refractivity contribution in [3.05, 3.63) is 34.7 Å². The fourth-order valence-corrected chi connectivity index (χ4v) is 4.21. The second-order valence-corrected chi connectivity index (χ2v) is 7.35. The summed E-state index contributed by atoms with van der Waals surface area (Å²) in [5, 5.41) is 0. The van der Waals surface area contributed by atoms with Gasteiger partial charge in [0, 0.05) is 25.0 Å². The number of aromatic nitrogens is 2. The van der Waals surface area contributed by atoms with Crippen LogP contribution in [0.25, 0.3) is 11.0 Å². The van der Waals surface area contributed by atoms with Crippen molar-refractivity contribution < 1.29 is 4.79 Å². The summed E-state index contributed by atoms with van der Waals surface area (Å²) in [6.45, 7) is 3.60. The summed E-state index contributed by atoms with van der Waals surface area (Å²) in [6.07, 6.45) is 5.38. The Morgan fingerprint density at radius 2 is 1.88 bits per heavy atom. The van der Waals surface area contributed by atoms with E-state index in [1.807, 2.05) is 33.7 Å². The predicted molar refractivity (Wildman–Crippen MR) is 93.9 cm³/mol. The molecular weight excluding hydrogens is 302 g/mol. The molecule has 1 amide bonds. The third-order valence-electron chi connectivity index (χ3n) is 6.01. The van der Waals surface area contributed by atoms with Crippen molar-refractivity contribution in [3.8, 4) is 0 Å². The van der Waals surface area contributed by atoms with Gasteiger partial charge < -0.3 is 9.88 Å². The fraction of sp³-hybridized carbons (Fsp3) is 0.579. The Morgan fingerprint density at radius 3 is 2.54 bits per heavy atom. The number of fused-ring (bicyclic) bond motifs is 1. The van der Waals surface area contributed by atoms with Gasteiger partial charge in [-0.25, -0.2) is 4.79 Å². The van der Waals surface area contributed by atoms with E-state index in [1.54, 1.807) is 0 Å². The molecule has 128 valence electrons. The van der Waals surface area contributed by atoms with Crippen molar-refractivity contribution in [2.45, 2.75) is 45.1 Å². The maximum Gasteiger partial charge on any atom is 0.326 e. The number of hydrogen-bond acceptors (Lipinski definition) is 2. The number of rotatable bonds is 3. The van der Waals surface area contributed by atoms with Crippen LogP contribution >= 0.6 is 0 Å². The second-order valence-electron chi connectivity index (χ2n) is 7.35. The number of piperidine rings is 1. The minimum Gasteiger partial charge on any atom is -0.342 e. The fourth-order valence-electron chi connectivity index (χ4n) is 4.21. The molecule has 2 aromatic rings. The lowest BCUT2D eigenvalue weighted by Gasteiger charge is -2.37. The van der Waals surface area contributed by atoms with E-state index in [1.165, 1.54) is 19.3 Å². The van der Waals surface area contributed by atoms with Crippen LogP contribution in [-0.2, 0) is 4.79 Å². The van der Waals surface area contributed by atoms with Crippen LogP contribution in [0, 0.1) is 11.8 Å². The first-order valence-corrected chi connectivity index (χ1v) is 9.13. The number of benzene rings is 1. The summed E-state index contributed by atoms with van der Waals surface area (Å²) in [6, 6.07) is 8.00. The molecule has 1 aromatic carbocycles. The molecule has 2 heterocycles. The van der Waals surface area contributed by atoms with Gasteiger partial charge in [0.1, 0.15) is 0 Å². The molecule has 0 bridgehead atoms. The SMILES string of the molecule is CC(C(=O)N1CCC(n2c(=O)[nH]c3ccccc32)CC1)C1CCC1. The number of hydrogen-bond donors (Lipinski definition) is 1. The van der Waals surface area contributed by atoms with Crippen molar-refractivity contribution in [3.63, 3.8) is 0 Å².